The van der Waals surface area contributed by atoms with Gasteiger partial charge in [-0.1, -0.05) is 83.9 Å². The Kier molecular flexibility index (Phi) is 4.27. The summed E-state index contributed by atoms with van der Waals surface area (Å²) < 4.78 is 2.37. The zero-order chi connectivity index (χ0) is 20.9. The van der Waals surface area contributed by atoms with E-state index in [-0.39, 0.29) is 0 Å². The summed E-state index contributed by atoms with van der Waals surface area (Å²) in [7, 11) is 0. The van der Waals surface area contributed by atoms with Crippen LogP contribution in [0.5, 0.6) is 0 Å². The summed E-state index contributed by atoms with van der Waals surface area (Å²) in [6, 6.07) is 35.6. The van der Waals surface area contributed by atoms with E-state index < -0.39 is 0 Å². The van der Waals surface area contributed by atoms with Gasteiger partial charge in [-0.15, -0.1) is 0 Å². The van der Waals surface area contributed by atoms with E-state index in [0.29, 0.717) is 0 Å². The topological polar surface area (TPSA) is 4.41 Å². The van der Waals surface area contributed by atoms with Crippen molar-refractivity contribution in [3.8, 4) is 22.3 Å². The molecule has 1 nitrogen and oxygen atoms in total. The molecule has 0 spiro atoms. The fourth-order valence-corrected chi connectivity index (χ4v) is 4.82. The minimum atomic E-state index is 0.731. The Morgan fingerprint density at radius 1 is 0.484 bits per heavy atom. The second-order valence-corrected chi connectivity index (χ2v) is 8.58. The maximum absolute atomic E-state index is 6.23. The van der Waals surface area contributed by atoms with Gasteiger partial charge in [-0.25, -0.2) is 0 Å². The van der Waals surface area contributed by atoms with E-state index in [0.717, 1.165) is 21.2 Å². The summed E-state index contributed by atoms with van der Waals surface area (Å²) in [5, 5.41) is 3.88. The Morgan fingerprint density at radius 2 is 1.03 bits per heavy atom. The van der Waals surface area contributed by atoms with Gasteiger partial charge in [-0.2, -0.15) is 0 Å². The van der Waals surface area contributed by atoms with Gasteiger partial charge in [-0.3, -0.25) is 0 Å². The number of rotatable bonds is 2. The predicted octanol–water partition coefficient (Wildman–Crippen LogP) is 8.89. The van der Waals surface area contributed by atoms with Crippen molar-refractivity contribution in [1.29, 1.82) is 0 Å². The first-order valence-corrected chi connectivity index (χ1v) is 10.9. The first kappa shape index (κ1) is 18.5. The molecule has 0 aliphatic carbocycles. The quantitative estimate of drug-likeness (QED) is 0.254. The summed E-state index contributed by atoms with van der Waals surface area (Å²) in [6.07, 6.45) is 0. The van der Waals surface area contributed by atoms with Gasteiger partial charge in [0.25, 0.3) is 0 Å². The van der Waals surface area contributed by atoms with Gasteiger partial charge in [0.2, 0.25) is 0 Å². The average molecular weight is 438 g/mol. The zero-order valence-corrected chi connectivity index (χ0v) is 18.0. The van der Waals surface area contributed by atoms with E-state index in [1.54, 1.807) is 0 Å². The van der Waals surface area contributed by atoms with Crippen molar-refractivity contribution in [2.24, 2.45) is 0 Å². The van der Waals surface area contributed by atoms with E-state index in [1.807, 2.05) is 24.3 Å². The number of benzene rings is 4. The normalized spacial score (nSPS) is 11.5. The van der Waals surface area contributed by atoms with Crippen LogP contribution in [-0.4, -0.2) is 4.40 Å². The number of halogens is 2. The lowest BCUT2D eigenvalue weighted by atomic mass is 9.91. The molecular formula is C28H17Cl2N. The third kappa shape index (κ3) is 2.93. The van der Waals surface area contributed by atoms with E-state index in [9.17, 15) is 0 Å². The Balaban J connectivity index is 1.88. The Morgan fingerprint density at radius 3 is 1.71 bits per heavy atom. The molecule has 0 saturated heterocycles. The summed E-state index contributed by atoms with van der Waals surface area (Å²) in [6.45, 7) is 0. The Bertz CT molecular complexity index is 1580. The van der Waals surface area contributed by atoms with Gasteiger partial charge in [0.05, 0.1) is 16.6 Å². The van der Waals surface area contributed by atoms with Crippen LogP contribution in [0.3, 0.4) is 0 Å². The number of pyridine rings is 1. The number of hydrogen-bond acceptors (Lipinski definition) is 0. The van der Waals surface area contributed by atoms with Crippen molar-refractivity contribution in [2.75, 3.05) is 0 Å². The van der Waals surface area contributed by atoms with Crippen molar-refractivity contribution in [2.45, 2.75) is 0 Å². The molecule has 31 heavy (non-hydrogen) atoms. The molecule has 0 saturated carbocycles. The van der Waals surface area contributed by atoms with E-state index >= 15 is 0 Å². The molecule has 0 N–H and O–H groups in total. The summed E-state index contributed by atoms with van der Waals surface area (Å²) in [4.78, 5) is 0. The average Bonchev–Trinajstić information content (AvgIpc) is 3.19. The first-order chi connectivity index (χ1) is 15.2. The fraction of sp³-hybridized carbons (Fsp3) is 0. The van der Waals surface area contributed by atoms with Crippen LogP contribution in [0.2, 0.25) is 10.0 Å². The highest BCUT2D eigenvalue weighted by Gasteiger charge is 2.19. The maximum Gasteiger partial charge on any atom is 0.0553 e. The number of para-hydroxylation sites is 2. The van der Waals surface area contributed by atoms with E-state index in [1.165, 1.54) is 38.4 Å². The molecule has 0 atom stereocenters. The minimum Gasteiger partial charge on any atom is -0.309 e. The second-order valence-electron chi connectivity index (χ2n) is 7.70. The molecule has 0 aliphatic heterocycles. The van der Waals surface area contributed by atoms with E-state index in [4.69, 9.17) is 23.2 Å². The fourth-order valence-electron chi connectivity index (χ4n) is 4.57. The van der Waals surface area contributed by atoms with Crippen molar-refractivity contribution < 1.29 is 0 Å². The highest BCUT2D eigenvalue weighted by molar-refractivity contribution is 6.31. The maximum atomic E-state index is 6.23. The molecule has 0 fully saturated rings. The monoisotopic (exact) mass is 437 g/mol. The second kappa shape index (κ2) is 7.16. The molecule has 3 heteroatoms. The van der Waals surface area contributed by atoms with Crippen molar-refractivity contribution >= 4 is 50.5 Å². The molecule has 6 rings (SSSR count). The lowest BCUT2D eigenvalue weighted by Gasteiger charge is -2.18. The third-order valence-corrected chi connectivity index (χ3v) is 6.40. The van der Waals surface area contributed by atoms with Gasteiger partial charge in [-0.05, 0) is 53.6 Å². The molecule has 4 aromatic carbocycles. The number of nitrogens with zero attached hydrogens (tertiary/aromatic N) is 1. The highest BCUT2D eigenvalue weighted by atomic mass is 35.5. The van der Waals surface area contributed by atoms with Crippen LogP contribution >= 0.6 is 23.2 Å². The van der Waals surface area contributed by atoms with Gasteiger partial charge >= 0.3 is 0 Å². The van der Waals surface area contributed by atoms with Crippen LogP contribution in [-0.2, 0) is 0 Å². The largest absolute Gasteiger partial charge is 0.309 e. The molecule has 148 valence electrons. The van der Waals surface area contributed by atoms with Crippen molar-refractivity contribution in [3.63, 3.8) is 0 Å². The standard InChI is InChI=1S/C28H17Cl2N/c29-21-13-9-18(10-14-21)27-23-6-2-4-8-25(23)31-24-7-3-1-5-20(24)17-26(31)28(27)19-11-15-22(30)16-12-19/h1-17H. The molecule has 2 aromatic heterocycles. The molecule has 2 heterocycles. The van der Waals surface area contributed by atoms with Crippen molar-refractivity contribution in [3.05, 3.63) is 113 Å². The van der Waals surface area contributed by atoms with Crippen molar-refractivity contribution in [1.82, 2.24) is 4.40 Å². The van der Waals surface area contributed by atoms with Gasteiger partial charge in [0.1, 0.15) is 0 Å². The summed E-state index contributed by atoms with van der Waals surface area (Å²) >= 11 is 12.5. The first-order valence-electron chi connectivity index (χ1n) is 10.2. The summed E-state index contributed by atoms with van der Waals surface area (Å²) in [5.41, 5.74) is 8.21. The molecule has 0 radical (unpaired) electrons. The predicted molar refractivity (Wildman–Crippen MR) is 133 cm³/mol. The molecular weight excluding hydrogens is 421 g/mol. The Labute approximate surface area is 190 Å². The van der Waals surface area contributed by atoms with Gasteiger partial charge < -0.3 is 4.40 Å². The van der Waals surface area contributed by atoms with Crippen LogP contribution in [0, 0.1) is 0 Å². The van der Waals surface area contributed by atoms with Crippen LogP contribution < -0.4 is 0 Å². The van der Waals surface area contributed by atoms with Crippen LogP contribution in [0.4, 0.5) is 0 Å². The van der Waals surface area contributed by atoms with Crippen LogP contribution in [0.25, 0.3) is 49.6 Å². The zero-order valence-electron chi connectivity index (χ0n) is 16.5. The van der Waals surface area contributed by atoms with Gasteiger partial charge in [0.15, 0.2) is 0 Å². The lowest BCUT2D eigenvalue weighted by Crippen LogP contribution is -1.96. The lowest BCUT2D eigenvalue weighted by molar-refractivity contribution is 1.33. The summed E-state index contributed by atoms with van der Waals surface area (Å²) in [5.74, 6) is 0. The number of hydrogen-bond donors (Lipinski definition) is 0. The number of fused-ring (bicyclic) bond motifs is 5. The highest BCUT2D eigenvalue weighted by Crippen LogP contribution is 2.43. The molecule has 6 aromatic rings. The molecule has 0 bridgehead atoms. The molecule has 0 unspecified atom stereocenters. The van der Waals surface area contributed by atoms with Crippen LogP contribution in [0.15, 0.2) is 103 Å². The molecule has 0 aliphatic rings. The van der Waals surface area contributed by atoms with Gasteiger partial charge in [0, 0.05) is 31.9 Å². The van der Waals surface area contributed by atoms with E-state index in [2.05, 4.69) is 83.3 Å². The smallest absolute Gasteiger partial charge is 0.0553 e. The minimum absolute atomic E-state index is 0.731. The van der Waals surface area contributed by atoms with Crippen LogP contribution in [0.1, 0.15) is 0 Å². The Hall–Kier alpha value is -3.26. The molecule has 0 amide bonds. The third-order valence-electron chi connectivity index (χ3n) is 5.90. The SMILES string of the molecule is Clc1ccc(-c2c(-c3ccc(Cl)cc3)c3cc4ccccc4n3c3ccccc23)cc1. The number of aromatic nitrogens is 1.